The molecule has 0 N–H and O–H groups in total. The van der Waals surface area contributed by atoms with E-state index in [-0.39, 0.29) is 16.5 Å². The fourth-order valence-electron chi connectivity index (χ4n) is 3.61. The normalized spacial score (nSPS) is 18.4. The van der Waals surface area contributed by atoms with E-state index >= 15 is 0 Å². The number of ether oxygens (including phenoxy) is 1. The first-order valence-corrected chi connectivity index (χ1v) is 10.2. The second kappa shape index (κ2) is 6.72. The molecule has 7 heteroatoms. The number of benzene rings is 1. The monoisotopic (exact) mass is 409 g/mol. The van der Waals surface area contributed by atoms with E-state index in [4.69, 9.17) is 21.3 Å². The number of pyridine rings is 1. The van der Waals surface area contributed by atoms with Crippen molar-refractivity contribution in [2.75, 3.05) is 7.11 Å². The number of halogens is 1. The maximum atomic E-state index is 13.1. The molecule has 28 heavy (non-hydrogen) atoms. The predicted octanol–water partition coefficient (Wildman–Crippen LogP) is 4.75. The Kier molecular flexibility index (Phi) is 4.18. The molecule has 0 spiro atoms. The van der Waals surface area contributed by atoms with E-state index in [1.807, 2.05) is 41.9 Å². The molecule has 0 amide bonds. The summed E-state index contributed by atoms with van der Waals surface area (Å²) in [5, 5.41) is 2.15. The van der Waals surface area contributed by atoms with Crippen LogP contribution in [-0.2, 0) is 0 Å². The molecule has 0 bridgehead atoms. The molecular formula is C21H16ClN3O2S. The van der Waals surface area contributed by atoms with Gasteiger partial charge >= 0.3 is 0 Å². The second-order valence-electron chi connectivity index (χ2n) is 6.82. The zero-order valence-corrected chi connectivity index (χ0v) is 16.6. The van der Waals surface area contributed by atoms with E-state index in [2.05, 4.69) is 11.1 Å². The minimum atomic E-state index is -0.217. The van der Waals surface area contributed by atoms with Crippen LogP contribution in [0.25, 0.3) is 16.2 Å². The second-order valence-corrected chi connectivity index (χ2v) is 8.03. The first kappa shape index (κ1) is 17.4. The van der Waals surface area contributed by atoms with Crippen molar-refractivity contribution in [1.29, 1.82) is 0 Å². The van der Waals surface area contributed by atoms with Crippen LogP contribution in [0.5, 0.6) is 5.75 Å². The highest BCUT2D eigenvalue weighted by Gasteiger charge is 2.43. The smallest absolute Gasteiger partial charge is 0.278 e. The van der Waals surface area contributed by atoms with Gasteiger partial charge in [-0.1, -0.05) is 17.7 Å². The number of aromatic nitrogens is 3. The molecule has 2 atom stereocenters. The average molecular weight is 410 g/mol. The molecule has 0 radical (unpaired) electrons. The summed E-state index contributed by atoms with van der Waals surface area (Å²) in [5.74, 6) is 1.26. The van der Waals surface area contributed by atoms with Gasteiger partial charge in [0.2, 0.25) is 0 Å². The Hall–Kier alpha value is -2.70. The highest BCUT2D eigenvalue weighted by Crippen LogP contribution is 2.55. The quantitative estimate of drug-likeness (QED) is 0.488. The number of rotatable bonds is 4. The van der Waals surface area contributed by atoms with E-state index < -0.39 is 0 Å². The Balaban J connectivity index is 1.56. The summed E-state index contributed by atoms with van der Waals surface area (Å²) in [7, 11) is 1.63. The van der Waals surface area contributed by atoms with Gasteiger partial charge in [-0.3, -0.25) is 9.78 Å². The summed E-state index contributed by atoms with van der Waals surface area (Å²) < 4.78 is 6.81. The first-order chi connectivity index (χ1) is 13.7. The number of fused-ring (bicyclic) bond motifs is 1. The molecule has 1 saturated carbocycles. The van der Waals surface area contributed by atoms with Gasteiger partial charge in [-0.25, -0.2) is 9.38 Å². The Morgan fingerprint density at radius 2 is 2.04 bits per heavy atom. The molecule has 1 aromatic carbocycles. The summed E-state index contributed by atoms with van der Waals surface area (Å²) in [5.41, 5.74) is 3.34. The lowest BCUT2D eigenvalue weighted by Crippen LogP contribution is -2.17. The Morgan fingerprint density at radius 1 is 1.21 bits per heavy atom. The number of thiazole rings is 1. The van der Waals surface area contributed by atoms with Crippen molar-refractivity contribution >= 4 is 27.9 Å². The highest BCUT2D eigenvalue weighted by atomic mass is 35.5. The van der Waals surface area contributed by atoms with Crippen molar-refractivity contribution in [1.82, 2.24) is 14.4 Å². The maximum absolute atomic E-state index is 13.1. The van der Waals surface area contributed by atoms with Gasteiger partial charge in [0.05, 0.1) is 18.5 Å². The van der Waals surface area contributed by atoms with E-state index in [9.17, 15) is 4.79 Å². The summed E-state index contributed by atoms with van der Waals surface area (Å²) in [6.07, 6.45) is 4.57. The predicted molar refractivity (Wildman–Crippen MR) is 111 cm³/mol. The minimum Gasteiger partial charge on any atom is -0.497 e. The molecule has 1 fully saturated rings. The number of methoxy groups -OCH3 is 1. The van der Waals surface area contributed by atoms with E-state index in [1.165, 1.54) is 11.3 Å². The van der Waals surface area contributed by atoms with Gasteiger partial charge in [0, 0.05) is 23.7 Å². The molecule has 0 aliphatic heterocycles. The van der Waals surface area contributed by atoms with Crippen LogP contribution < -0.4 is 10.3 Å². The van der Waals surface area contributed by atoms with Crippen molar-refractivity contribution in [2.45, 2.75) is 18.3 Å². The van der Waals surface area contributed by atoms with Crippen LogP contribution in [-0.4, -0.2) is 21.5 Å². The molecule has 1 aliphatic rings. The summed E-state index contributed by atoms with van der Waals surface area (Å²) >= 11 is 7.94. The van der Waals surface area contributed by atoms with E-state index in [1.54, 1.807) is 17.7 Å². The van der Waals surface area contributed by atoms with Gasteiger partial charge in [0.15, 0.2) is 4.96 Å². The van der Waals surface area contributed by atoms with E-state index in [0.717, 1.165) is 29.0 Å². The van der Waals surface area contributed by atoms with Crippen LogP contribution in [0.15, 0.2) is 59.0 Å². The molecule has 3 aromatic heterocycles. The Morgan fingerprint density at radius 3 is 2.75 bits per heavy atom. The van der Waals surface area contributed by atoms with Gasteiger partial charge in [-0.05, 0) is 53.8 Å². The van der Waals surface area contributed by atoms with Crippen molar-refractivity contribution in [2.24, 2.45) is 0 Å². The third kappa shape index (κ3) is 2.80. The largest absolute Gasteiger partial charge is 0.497 e. The fraction of sp³-hybridized carbons (Fsp3) is 0.190. The molecule has 0 saturated heterocycles. The topological polar surface area (TPSA) is 56.5 Å². The Labute approximate surface area is 170 Å². The van der Waals surface area contributed by atoms with Crippen molar-refractivity contribution in [3.8, 4) is 17.0 Å². The fourth-order valence-corrected chi connectivity index (χ4v) is 4.78. The third-order valence-electron chi connectivity index (χ3n) is 5.18. The minimum absolute atomic E-state index is 0.168. The SMILES string of the molecule is COc1ccc(-c2csc3nc([C@@H]4C[C@H]4c4cccnc4)c(Cl)c(=O)n23)cc1. The molecule has 3 heterocycles. The van der Waals surface area contributed by atoms with Crippen molar-refractivity contribution in [3.05, 3.63) is 80.8 Å². The molecular weight excluding hydrogens is 394 g/mol. The molecule has 4 aromatic rings. The third-order valence-corrected chi connectivity index (χ3v) is 6.36. The van der Waals surface area contributed by atoms with Crippen LogP contribution >= 0.6 is 22.9 Å². The highest BCUT2D eigenvalue weighted by molar-refractivity contribution is 7.15. The van der Waals surface area contributed by atoms with Gasteiger partial charge in [-0.2, -0.15) is 0 Å². The lowest BCUT2D eigenvalue weighted by atomic mass is 10.1. The Bertz CT molecular complexity index is 1220. The van der Waals surface area contributed by atoms with Crippen LogP contribution in [0, 0.1) is 0 Å². The maximum Gasteiger partial charge on any atom is 0.278 e. The van der Waals surface area contributed by atoms with Crippen LogP contribution in [0.1, 0.15) is 29.5 Å². The number of nitrogens with zero attached hydrogens (tertiary/aromatic N) is 3. The van der Waals surface area contributed by atoms with Crippen LogP contribution in [0.3, 0.4) is 0 Å². The molecule has 140 valence electrons. The van der Waals surface area contributed by atoms with Crippen LogP contribution in [0.2, 0.25) is 5.02 Å². The van der Waals surface area contributed by atoms with Crippen LogP contribution in [0.4, 0.5) is 0 Å². The summed E-state index contributed by atoms with van der Waals surface area (Å²) in [6, 6.07) is 11.6. The van der Waals surface area contributed by atoms with Gasteiger partial charge in [0.25, 0.3) is 5.56 Å². The zero-order valence-electron chi connectivity index (χ0n) is 15.0. The standard InChI is InChI=1S/C21H16ClN3O2S/c1-27-14-6-4-12(5-7-14)17-11-28-21-24-19(18(22)20(26)25(17)21)16-9-15(16)13-3-2-8-23-10-13/h2-8,10-11,15-16H,9H2,1H3/t15-,16+/m0/s1. The van der Waals surface area contributed by atoms with Gasteiger partial charge in [-0.15, -0.1) is 11.3 Å². The number of hydrogen-bond acceptors (Lipinski definition) is 5. The van der Waals surface area contributed by atoms with Gasteiger partial charge in [0.1, 0.15) is 10.8 Å². The van der Waals surface area contributed by atoms with E-state index in [0.29, 0.717) is 16.6 Å². The van der Waals surface area contributed by atoms with Gasteiger partial charge < -0.3 is 4.74 Å². The summed E-state index contributed by atoms with van der Waals surface area (Å²) in [4.78, 5) is 22.7. The lowest BCUT2D eigenvalue weighted by Gasteiger charge is -2.07. The molecule has 5 rings (SSSR count). The zero-order chi connectivity index (χ0) is 19.3. The molecule has 5 nitrogen and oxygen atoms in total. The lowest BCUT2D eigenvalue weighted by molar-refractivity contribution is 0.415. The average Bonchev–Trinajstić information content (AvgIpc) is 3.43. The number of hydrogen-bond donors (Lipinski definition) is 0. The first-order valence-electron chi connectivity index (χ1n) is 8.91. The molecule has 0 unspecified atom stereocenters. The summed E-state index contributed by atoms with van der Waals surface area (Å²) in [6.45, 7) is 0. The molecule has 1 aliphatic carbocycles. The van der Waals surface area contributed by atoms with Crippen molar-refractivity contribution in [3.63, 3.8) is 0 Å². The van der Waals surface area contributed by atoms with Crippen molar-refractivity contribution < 1.29 is 4.74 Å².